The number of nitrogens with zero attached hydrogens (tertiary/aromatic N) is 2. The molecule has 26 heavy (non-hydrogen) atoms. The molecular formula is C20H13FN2O3. The van der Waals surface area contributed by atoms with Crippen molar-refractivity contribution in [3.63, 3.8) is 0 Å². The first kappa shape index (κ1) is 16.0. The van der Waals surface area contributed by atoms with Gasteiger partial charge in [-0.25, -0.2) is 9.07 Å². The van der Waals surface area contributed by atoms with Crippen molar-refractivity contribution in [1.82, 2.24) is 9.36 Å². The molecule has 5 nitrogen and oxygen atoms in total. The molecule has 0 unspecified atom stereocenters. The molecular weight excluding hydrogens is 335 g/mol. The van der Waals surface area contributed by atoms with Crippen molar-refractivity contribution in [3.05, 3.63) is 99.7 Å². The van der Waals surface area contributed by atoms with E-state index in [1.807, 2.05) is 30.3 Å². The Balaban J connectivity index is 2.00. The Bertz CT molecular complexity index is 1110. The Morgan fingerprint density at radius 1 is 0.808 bits per heavy atom. The summed E-state index contributed by atoms with van der Waals surface area (Å²) in [5.41, 5.74) is 0.539. The van der Waals surface area contributed by atoms with E-state index in [4.69, 9.17) is 0 Å². The molecule has 1 aliphatic rings. The smallest absolute Gasteiger partial charge is 0.283 e. The molecule has 3 aromatic rings. The molecule has 6 heteroatoms. The number of carbonyl (C=O) groups is 2. The van der Waals surface area contributed by atoms with E-state index in [2.05, 4.69) is 0 Å². The van der Waals surface area contributed by atoms with E-state index >= 15 is 0 Å². The third-order valence-corrected chi connectivity index (χ3v) is 4.25. The maximum absolute atomic E-state index is 13.3. The highest BCUT2D eigenvalue weighted by atomic mass is 19.1. The number of hydrogen-bond acceptors (Lipinski definition) is 3. The fourth-order valence-electron chi connectivity index (χ4n) is 3.08. The van der Waals surface area contributed by atoms with Gasteiger partial charge in [0.25, 0.3) is 5.56 Å². The third-order valence-electron chi connectivity index (χ3n) is 4.25. The fourth-order valence-corrected chi connectivity index (χ4v) is 3.08. The molecule has 0 aliphatic heterocycles. The highest BCUT2D eigenvalue weighted by molar-refractivity contribution is 6.21. The number of halogens is 1. The Labute approximate surface area is 147 Å². The van der Waals surface area contributed by atoms with Gasteiger partial charge >= 0.3 is 0 Å². The molecule has 1 aliphatic carbocycles. The number of benzene rings is 2. The molecule has 0 bridgehead atoms. The van der Waals surface area contributed by atoms with Gasteiger partial charge in [0.05, 0.1) is 12.2 Å². The number of allylic oxidation sites excluding steroid dienone is 2. The zero-order chi connectivity index (χ0) is 18.3. The molecule has 0 amide bonds. The molecule has 4 rings (SSSR count). The predicted molar refractivity (Wildman–Crippen MR) is 93.3 cm³/mol. The fraction of sp³-hybridized carbons (Fsp3) is 0.0500. The minimum atomic E-state index is -0.592. The molecule has 2 aromatic carbocycles. The average Bonchev–Trinajstić information content (AvgIpc) is 2.93. The van der Waals surface area contributed by atoms with Gasteiger partial charge in [0, 0.05) is 0 Å². The van der Waals surface area contributed by atoms with Crippen LogP contribution in [0, 0.1) is 5.82 Å². The van der Waals surface area contributed by atoms with Crippen LogP contribution in [0.25, 0.3) is 5.69 Å². The molecule has 1 aromatic heterocycles. The van der Waals surface area contributed by atoms with Crippen molar-refractivity contribution in [3.8, 4) is 5.69 Å². The van der Waals surface area contributed by atoms with Crippen molar-refractivity contribution in [2.24, 2.45) is 0 Å². The first-order valence-electron chi connectivity index (χ1n) is 7.98. The summed E-state index contributed by atoms with van der Waals surface area (Å²) in [6.07, 6.45) is 2.27. The summed E-state index contributed by atoms with van der Waals surface area (Å²) >= 11 is 0. The monoisotopic (exact) mass is 348 g/mol. The van der Waals surface area contributed by atoms with Crippen LogP contribution in [0.4, 0.5) is 4.39 Å². The van der Waals surface area contributed by atoms with E-state index < -0.39 is 22.9 Å². The second-order valence-electron chi connectivity index (χ2n) is 5.92. The van der Waals surface area contributed by atoms with Gasteiger partial charge in [-0.2, -0.15) is 0 Å². The normalized spacial score (nSPS) is 13.1. The topological polar surface area (TPSA) is 61.1 Å². The number of rotatable bonds is 3. The van der Waals surface area contributed by atoms with Crippen molar-refractivity contribution in [2.75, 3.05) is 0 Å². The van der Waals surface area contributed by atoms with Gasteiger partial charge in [-0.05, 0) is 42.0 Å². The van der Waals surface area contributed by atoms with Crippen LogP contribution in [0.1, 0.15) is 26.4 Å². The molecule has 0 N–H and O–H groups in total. The number of ketones is 2. The van der Waals surface area contributed by atoms with Gasteiger partial charge in [0.2, 0.25) is 5.78 Å². The Kier molecular flexibility index (Phi) is 3.73. The zero-order valence-corrected chi connectivity index (χ0v) is 13.6. The van der Waals surface area contributed by atoms with Gasteiger partial charge in [-0.1, -0.05) is 30.3 Å². The average molecular weight is 348 g/mol. The van der Waals surface area contributed by atoms with E-state index in [0.717, 1.165) is 11.6 Å². The molecule has 0 saturated carbocycles. The number of carbonyl (C=O) groups excluding carboxylic acids is 2. The quantitative estimate of drug-likeness (QED) is 0.731. The second kappa shape index (κ2) is 6.07. The van der Waals surface area contributed by atoms with Crippen LogP contribution < -0.4 is 5.56 Å². The van der Waals surface area contributed by atoms with Crippen molar-refractivity contribution >= 4 is 11.6 Å². The third kappa shape index (κ3) is 2.52. The predicted octanol–water partition coefficient (Wildman–Crippen LogP) is 2.76. The van der Waals surface area contributed by atoms with Gasteiger partial charge in [-0.3, -0.25) is 19.1 Å². The summed E-state index contributed by atoms with van der Waals surface area (Å²) in [5.74, 6) is -1.36. The lowest BCUT2D eigenvalue weighted by Gasteiger charge is -2.15. The lowest BCUT2D eigenvalue weighted by atomic mass is 10.0. The SMILES string of the molecule is O=C1C=CC(=O)c2c1c(=O)n(-c1ccc(F)cc1)n2Cc1ccccc1. The molecule has 128 valence electrons. The Hall–Kier alpha value is -3.54. The summed E-state index contributed by atoms with van der Waals surface area (Å²) in [4.78, 5) is 37.6. The van der Waals surface area contributed by atoms with Crippen molar-refractivity contribution in [2.45, 2.75) is 6.54 Å². The maximum atomic E-state index is 13.3. The van der Waals surface area contributed by atoms with Gasteiger partial charge < -0.3 is 0 Å². The van der Waals surface area contributed by atoms with Gasteiger partial charge in [-0.15, -0.1) is 0 Å². The molecule has 0 atom stereocenters. The van der Waals surface area contributed by atoms with Crippen LogP contribution in [0.15, 0.2) is 71.5 Å². The molecule has 0 radical (unpaired) electrons. The van der Waals surface area contributed by atoms with E-state index in [-0.39, 0.29) is 17.8 Å². The Morgan fingerprint density at radius 2 is 1.46 bits per heavy atom. The largest absolute Gasteiger partial charge is 0.289 e. The molecule has 0 saturated heterocycles. The summed E-state index contributed by atoms with van der Waals surface area (Å²) in [5, 5.41) is 0. The minimum absolute atomic E-state index is 0.0516. The number of aromatic nitrogens is 2. The highest BCUT2D eigenvalue weighted by Crippen LogP contribution is 2.19. The summed E-state index contributed by atoms with van der Waals surface area (Å²) in [7, 11) is 0. The van der Waals surface area contributed by atoms with Crippen LogP contribution >= 0.6 is 0 Å². The number of fused-ring (bicyclic) bond motifs is 1. The number of hydrogen-bond donors (Lipinski definition) is 0. The minimum Gasteiger partial charge on any atom is -0.289 e. The standard InChI is InChI=1S/C20H13FN2O3/c21-14-6-8-15(9-7-14)23-20(26)18-16(24)10-11-17(25)19(18)22(23)12-13-4-2-1-3-5-13/h1-11H,12H2. The van der Waals surface area contributed by atoms with E-state index in [1.54, 1.807) is 0 Å². The van der Waals surface area contributed by atoms with E-state index in [9.17, 15) is 18.8 Å². The van der Waals surface area contributed by atoms with E-state index in [0.29, 0.717) is 5.69 Å². The van der Waals surface area contributed by atoms with Crippen LogP contribution in [0.2, 0.25) is 0 Å². The first-order chi connectivity index (χ1) is 12.6. The Morgan fingerprint density at radius 3 is 2.15 bits per heavy atom. The van der Waals surface area contributed by atoms with E-state index in [1.165, 1.54) is 39.7 Å². The van der Waals surface area contributed by atoms with Crippen LogP contribution in [-0.4, -0.2) is 20.9 Å². The molecule has 0 spiro atoms. The van der Waals surface area contributed by atoms with Crippen LogP contribution in [0.3, 0.4) is 0 Å². The van der Waals surface area contributed by atoms with Crippen LogP contribution in [-0.2, 0) is 6.54 Å². The van der Waals surface area contributed by atoms with Gasteiger partial charge in [0.1, 0.15) is 17.1 Å². The summed E-state index contributed by atoms with van der Waals surface area (Å²) < 4.78 is 16.0. The van der Waals surface area contributed by atoms with Crippen molar-refractivity contribution < 1.29 is 14.0 Å². The second-order valence-corrected chi connectivity index (χ2v) is 5.92. The van der Waals surface area contributed by atoms with Gasteiger partial charge in [0.15, 0.2) is 5.78 Å². The lowest BCUT2D eigenvalue weighted by molar-refractivity contribution is 0.0987. The maximum Gasteiger partial charge on any atom is 0.283 e. The van der Waals surface area contributed by atoms with Crippen molar-refractivity contribution in [1.29, 1.82) is 0 Å². The molecule has 1 heterocycles. The molecule has 0 fully saturated rings. The lowest BCUT2D eigenvalue weighted by Crippen LogP contribution is -2.23. The summed E-state index contributed by atoms with van der Waals surface area (Å²) in [6, 6.07) is 14.6. The zero-order valence-electron chi connectivity index (χ0n) is 13.6. The van der Waals surface area contributed by atoms with Crippen LogP contribution in [0.5, 0.6) is 0 Å². The summed E-state index contributed by atoms with van der Waals surface area (Å²) in [6.45, 7) is 0.218. The first-order valence-corrected chi connectivity index (χ1v) is 7.98. The highest BCUT2D eigenvalue weighted by Gasteiger charge is 2.31.